The van der Waals surface area contributed by atoms with E-state index in [0.29, 0.717) is 32.6 Å². The Kier molecular flexibility index (Phi) is 3.34. The zero-order chi connectivity index (χ0) is 14.1. The first-order chi connectivity index (χ1) is 9.63. The number of hydrogen-bond donors (Lipinski definition) is 2. The van der Waals surface area contributed by atoms with Gasteiger partial charge in [0, 0.05) is 5.69 Å². The van der Waals surface area contributed by atoms with Crippen LogP contribution in [0.5, 0.6) is 0 Å². The van der Waals surface area contributed by atoms with Crippen LogP contribution in [0.2, 0.25) is 10.0 Å². The van der Waals surface area contributed by atoms with Crippen LogP contribution in [0.15, 0.2) is 47.3 Å². The molecule has 3 aromatic rings. The van der Waals surface area contributed by atoms with Gasteiger partial charge in [-0.1, -0.05) is 35.3 Å². The fourth-order valence-corrected chi connectivity index (χ4v) is 2.15. The van der Waals surface area contributed by atoms with Gasteiger partial charge in [-0.25, -0.2) is 4.98 Å². The lowest BCUT2D eigenvalue weighted by Crippen LogP contribution is -2.11. The second-order valence-electron chi connectivity index (χ2n) is 4.19. The lowest BCUT2D eigenvalue weighted by molar-refractivity contribution is 1.17. The highest BCUT2D eigenvalue weighted by molar-refractivity contribution is 6.42. The molecule has 0 aliphatic rings. The van der Waals surface area contributed by atoms with E-state index in [0.717, 1.165) is 0 Å². The molecule has 2 aromatic carbocycles. The third-order valence-corrected chi connectivity index (χ3v) is 3.53. The third-order valence-electron chi connectivity index (χ3n) is 2.80. The van der Waals surface area contributed by atoms with Crippen molar-refractivity contribution in [1.82, 2.24) is 9.97 Å². The molecule has 0 aliphatic carbocycles. The second-order valence-corrected chi connectivity index (χ2v) is 5.00. The van der Waals surface area contributed by atoms with E-state index in [2.05, 4.69) is 15.3 Å². The SMILES string of the molecule is O=c1[nH]c(Nc2ccc(Cl)c(Cl)c2)nc2ccccc12. The van der Waals surface area contributed by atoms with Crippen LogP contribution in [0.1, 0.15) is 0 Å². The Morgan fingerprint density at radius 3 is 2.65 bits per heavy atom. The second kappa shape index (κ2) is 5.15. The summed E-state index contributed by atoms with van der Waals surface area (Å²) in [7, 11) is 0. The zero-order valence-electron chi connectivity index (χ0n) is 10.2. The predicted octanol–water partition coefficient (Wildman–Crippen LogP) is 3.97. The van der Waals surface area contributed by atoms with E-state index in [1.54, 1.807) is 36.4 Å². The van der Waals surface area contributed by atoms with Crippen molar-refractivity contribution < 1.29 is 0 Å². The van der Waals surface area contributed by atoms with Crippen LogP contribution >= 0.6 is 23.2 Å². The summed E-state index contributed by atoms with van der Waals surface area (Å²) in [5.74, 6) is 0.354. The molecule has 0 saturated heterocycles. The van der Waals surface area contributed by atoms with Gasteiger partial charge in [0.05, 0.1) is 20.9 Å². The first-order valence-corrected chi connectivity index (χ1v) is 6.60. The maximum Gasteiger partial charge on any atom is 0.260 e. The molecule has 0 unspecified atom stereocenters. The molecule has 20 heavy (non-hydrogen) atoms. The van der Waals surface area contributed by atoms with Crippen LogP contribution < -0.4 is 10.9 Å². The van der Waals surface area contributed by atoms with Crippen molar-refractivity contribution in [2.75, 3.05) is 5.32 Å². The maximum atomic E-state index is 11.9. The Hall–Kier alpha value is -2.04. The van der Waals surface area contributed by atoms with Gasteiger partial charge in [-0.05, 0) is 30.3 Å². The molecule has 0 spiro atoms. The van der Waals surface area contributed by atoms with Crippen LogP contribution in [0.3, 0.4) is 0 Å². The van der Waals surface area contributed by atoms with Gasteiger partial charge in [0.2, 0.25) is 5.95 Å². The number of hydrogen-bond acceptors (Lipinski definition) is 3. The van der Waals surface area contributed by atoms with E-state index in [1.807, 2.05) is 6.07 Å². The van der Waals surface area contributed by atoms with Crippen molar-refractivity contribution in [2.45, 2.75) is 0 Å². The largest absolute Gasteiger partial charge is 0.326 e. The van der Waals surface area contributed by atoms with Crippen LogP contribution in [-0.2, 0) is 0 Å². The van der Waals surface area contributed by atoms with Crippen molar-refractivity contribution >= 4 is 45.7 Å². The molecular formula is C14H9Cl2N3O. The molecule has 100 valence electrons. The molecule has 1 heterocycles. The number of H-pyrrole nitrogens is 1. The Morgan fingerprint density at radius 2 is 1.85 bits per heavy atom. The van der Waals surface area contributed by atoms with Crippen LogP contribution in [0, 0.1) is 0 Å². The molecular weight excluding hydrogens is 297 g/mol. The number of aromatic nitrogens is 2. The molecule has 1 aromatic heterocycles. The van der Waals surface area contributed by atoms with Gasteiger partial charge in [0.25, 0.3) is 5.56 Å². The summed E-state index contributed by atoms with van der Waals surface area (Å²) in [4.78, 5) is 18.9. The summed E-state index contributed by atoms with van der Waals surface area (Å²) in [6, 6.07) is 12.2. The fraction of sp³-hybridized carbons (Fsp3) is 0. The standard InChI is InChI=1S/C14H9Cl2N3O/c15-10-6-5-8(7-11(10)16)17-14-18-12-4-2-1-3-9(12)13(20)19-14/h1-7H,(H2,17,18,19,20). The average Bonchev–Trinajstić information content (AvgIpc) is 2.43. The van der Waals surface area contributed by atoms with Crippen molar-refractivity contribution in [2.24, 2.45) is 0 Å². The Balaban J connectivity index is 2.02. The molecule has 4 nitrogen and oxygen atoms in total. The molecule has 6 heteroatoms. The van der Waals surface area contributed by atoms with Gasteiger partial charge in [-0.15, -0.1) is 0 Å². The molecule has 0 saturated carbocycles. The van der Waals surface area contributed by atoms with E-state index in [1.165, 1.54) is 0 Å². The van der Waals surface area contributed by atoms with E-state index in [4.69, 9.17) is 23.2 Å². The van der Waals surface area contributed by atoms with Crippen molar-refractivity contribution in [3.05, 3.63) is 62.9 Å². The summed E-state index contributed by atoms with van der Waals surface area (Å²) in [6.07, 6.45) is 0. The number of fused-ring (bicyclic) bond motifs is 1. The van der Waals surface area contributed by atoms with Gasteiger partial charge < -0.3 is 5.32 Å². The van der Waals surface area contributed by atoms with Gasteiger partial charge in [0.1, 0.15) is 0 Å². The quantitative estimate of drug-likeness (QED) is 0.753. The lowest BCUT2D eigenvalue weighted by Gasteiger charge is -2.07. The van der Waals surface area contributed by atoms with Crippen LogP contribution in [0.4, 0.5) is 11.6 Å². The van der Waals surface area contributed by atoms with Crippen molar-refractivity contribution in [3.63, 3.8) is 0 Å². The minimum Gasteiger partial charge on any atom is -0.326 e. The first-order valence-electron chi connectivity index (χ1n) is 5.84. The number of benzene rings is 2. The Bertz CT molecular complexity index is 845. The summed E-state index contributed by atoms with van der Waals surface area (Å²) >= 11 is 11.8. The van der Waals surface area contributed by atoms with E-state index < -0.39 is 0 Å². The monoisotopic (exact) mass is 305 g/mol. The number of anilines is 2. The number of rotatable bonds is 2. The summed E-state index contributed by atoms with van der Waals surface area (Å²) in [5.41, 5.74) is 1.12. The number of halogens is 2. The average molecular weight is 306 g/mol. The smallest absolute Gasteiger partial charge is 0.260 e. The number of aromatic amines is 1. The highest BCUT2D eigenvalue weighted by atomic mass is 35.5. The minimum absolute atomic E-state index is 0.196. The molecule has 0 bridgehead atoms. The predicted molar refractivity (Wildman–Crippen MR) is 82.1 cm³/mol. The molecule has 2 N–H and O–H groups in total. The van der Waals surface area contributed by atoms with Crippen molar-refractivity contribution in [3.8, 4) is 0 Å². The van der Waals surface area contributed by atoms with E-state index in [9.17, 15) is 4.79 Å². The van der Waals surface area contributed by atoms with Gasteiger partial charge in [-0.2, -0.15) is 0 Å². The molecule has 0 radical (unpaired) electrons. The highest BCUT2D eigenvalue weighted by Gasteiger charge is 2.04. The lowest BCUT2D eigenvalue weighted by atomic mass is 10.2. The maximum absolute atomic E-state index is 11.9. The fourth-order valence-electron chi connectivity index (χ4n) is 1.86. The van der Waals surface area contributed by atoms with Gasteiger partial charge >= 0.3 is 0 Å². The molecule has 3 rings (SSSR count). The zero-order valence-corrected chi connectivity index (χ0v) is 11.7. The normalized spacial score (nSPS) is 10.7. The van der Waals surface area contributed by atoms with E-state index in [-0.39, 0.29) is 5.56 Å². The number of nitrogens with zero attached hydrogens (tertiary/aromatic N) is 1. The van der Waals surface area contributed by atoms with Crippen LogP contribution in [0.25, 0.3) is 10.9 Å². The third kappa shape index (κ3) is 2.48. The Labute approximate surface area is 124 Å². The summed E-state index contributed by atoms with van der Waals surface area (Å²) < 4.78 is 0. The highest BCUT2D eigenvalue weighted by Crippen LogP contribution is 2.26. The number of para-hydroxylation sites is 1. The molecule has 0 fully saturated rings. The molecule has 0 aliphatic heterocycles. The minimum atomic E-state index is -0.196. The summed E-state index contributed by atoms with van der Waals surface area (Å²) in [6.45, 7) is 0. The Morgan fingerprint density at radius 1 is 1.05 bits per heavy atom. The topological polar surface area (TPSA) is 57.8 Å². The van der Waals surface area contributed by atoms with Crippen LogP contribution in [-0.4, -0.2) is 9.97 Å². The molecule has 0 atom stereocenters. The molecule has 0 amide bonds. The van der Waals surface area contributed by atoms with Crippen molar-refractivity contribution in [1.29, 1.82) is 0 Å². The van der Waals surface area contributed by atoms with Gasteiger partial charge in [-0.3, -0.25) is 9.78 Å². The van der Waals surface area contributed by atoms with E-state index >= 15 is 0 Å². The first kappa shape index (κ1) is 13.0. The number of nitrogens with one attached hydrogen (secondary N) is 2. The van der Waals surface area contributed by atoms with Gasteiger partial charge in [0.15, 0.2) is 0 Å². The summed E-state index contributed by atoms with van der Waals surface area (Å²) in [5, 5.41) is 4.44.